The third-order valence-corrected chi connectivity index (χ3v) is 6.48. The van der Waals surface area contributed by atoms with Crippen LogP contribution in [0, 0.1) is 0 Å². The number of benzene rings is 2. The summed E-state index contributed by atoms with van der Waals surface area (Å²) in [5, 5.41) is 0. The number of amides is 3. The maximum Gasteiger partial charge on any atom is 0.416 e. The molecular formula is C26H26F9N3O4. The van der Waals surface area contributed by atoms with Crippen molar-refractivity contribution in [2.75, 3.05) is 25.2 Å². The van der Waals surface area contributed by atoms with Gasteiger partial charge in [0.2, 0.25) is 0 Å². The van der Waals surface area contributed by atoms with Crippen molar-refractivity contribution in [3.63, 3.8) is 0 Å². The average Bonchev–Trinajstić information content (AvgIpc) is 2.88. The van der Waals surface area contributed by atoms with Gasteiger partial charge in [-0.3, -0.25) is 4.90 Å². The van der Waals surface area contributed by atoms with Gasteiger partial charge in [0.1, 0.15) is 0 Å². The molecule has 42 heavy (non-hydrogen) atoms. The van der Waals surface area contributed by atoms with Gasteiger partial charge in [0.05, 0.1) is 47.7 Å². The van der Waals surface area contributed by atoms with Crippen molar-refractivity contribution < 1.29 is 58.6 Å². The van der Waals surface area contributed by atoms with Crippen LogP contribution >= 0.6 is 0 Å². The molecule has 3 rings (SSSR count). The van der Waals surface area contributed by atoms with Crippen LogP contribution in [0.2, 0.25) is 0 Å². The maximum absolute atomic E-state index is 13.7. The fourth-order valence-electron chi connectivity index (χ4n) is 4.69. The Morgan fingerprint density at radius 1 is 0.929 bits per heavy atom. The Balaban J connectivity index is 2.20. The number of rotatable bonds is 7. The van der Waals surface area contributed by atoms with Gasteiger partial charge in [0.15, 0.2) is 0 Å². The topological polar surface area (TPSA) is 85.1 Å². The highest BCUT2D eigenvalue weighted by molar-refractivity contribution is 5.90. The number of halogens is 9. The number of carbonyl (C=O) groups excluding carboxylic acids is 2. The standard InChI is InChI=1S/C26H26F9N3O4/c1-3-6-42-23(40)38-18(13-41-2)11-21(19-10-15(24(27,28)29)4-5-20(19)38)37(22(36)39)12-14-7-16(25(30,31)32)9-17(8-14)26(33,34)35/h4-5,7-10,18,21H,3,6,11-13H2,1-2H3,(H2,36,39)/t18-,21-/m1/s1. The number of carbonyl (C=O) groups is 2. The Morgan fingerprint density at radius 3 is 1.98 bits per heavy atom. The molecule has 2 atom stereocenters. The molecule has 2 aromatic carbocycles. The van der Waals surface area contributed by atoms with Crippen molar-refractivity contribution in [1.82, 2.24) is 4.90 Å². The van der Waals surface area contributed by atoms with E-state index in [4.69, 9.17) is 15.2 Å². The number of nitrogens with two attached hydrogens (primary N) is 1. The van der Waals surface area contributed by atoms with E-state index in [1.165, 1.54) is 7.11 Å². The third-order valence-electron chi connectivity index (χ3n) is 6.48. The van der Waals surface area contributed by atoms with Crippen LogP contribution in [0.5, 0.6) is 0 Å². The van der Waals surface area contributed by atoms with Crippen molar-refractivity contribution in [1.29, 1.82) is 0 Å². The van der Waals surface area contributed by atoms with Crippen LogP contribution < -0.4 is 10.6 Å². The summed E-state index contributed by atoms with van der Waals surface area (Å²) in [5.41, 5.74) is -0.00239. The summed E-state index contributed by atoms with van der Waals surface area (Å²) in [5.74, 6) is 0. The number of hydrogen-bond acceptors (Lipinski definition) is 4. The van der Waals surface area contributed by atoms with Crippen molar-refractivity contribution in [2.24, 2.45) is 5.73 Å². The van der Waals surface area contributed by atoms with E-state index in [0.717, 1.165) is 11.0 Å². The van der Waals surface area contributed by atoms with Gasteiger partial charge in [-0.2, -0.15) is 39.5 Å². The van der Waals surface area contributed by atoms with E-state index in [1.54, 1.807) is 6.92 Å². The quantitative estimate of drug-likeness (QED) is 0.336. The number of anilines is 1. The van der Waals surface area contributed by atoms with Gasteiger partial charge in [0, 0.05) is 13.7 Å². The molecule has 3 amide bonds. The van der Waals surface area contributed by atoms with Crippen LogP contribution in [0.3, 0.4) is 0 Å². The second-order valence-corrected chi connectivity index (χ2v) is 9.50. The molecule has 0 bridgehead atoms. The van der Waals surface area contributed by atoms with Crippen LogP contribution in [-0.4, -0.2) is 43.4 Å². The number of methoxy groups -OCH3 is 1. The van der Waals surface area contributed by atoms with Crippen LogP contribution in [-0.2, 0) is 34.5 Å². The highest BCUT2D eigenvalue weighted by atomic mass is 19.4. The van der Waals surface area contributed by atoms with Gasteiger partial charge in [0.25, 0.3) is 0 Å². The zero-order valence-electron chi connectivity index (χ0n) is 22.2. The normalized spacial score (nSPS) is 17.5. The Kier molecular flexibility index (Phi) is 9.59. The van der Waals surface area contributed by atoms with E-state index in [0.29, 0.717) is 35.6 Å². The molecule has 232 valence electrons. The molecule has 0 saturated carbocycles. The van der Waals surface area contributed by atoms with Crippen LogP contribution in [0.4, 0.5) is 54.8 Å². The summed E-state index contributed by atoms with van der Waals surface area (Å²) < 4.78 is 132. The summed E-state index contributed by atoms with van der Waals surface area (Å²) in [6.45, 7) is 0.534. The van der Waals surface area contributed by atoms with Crippen molar-refractivity contribution in [3.8, 4) is 0 Å². The predicted octanol–water partition coefficient (Wildman–Crippen LogP) is 7.14. The van der Waals surface area contributed by atoms with Gasteiger partial charge < -0.3 is 20.1 Å². The Bertz CT molecular complexity index is 1260. The van der Waals surface area contributed by atoms with Gasteiger partial charge >= 0.3 is 30.7 Å². The minimum absolute atomic E-state index is 0.0288. The summed E-state index contributed by atoms with van der Waals surface area (Å²) in [7, 11) is 1.26. The van der Waals surface area contributed by atoms with Crippen molar-refractivity contribution in [3.05, 3.63) is 64.2 Å². The zero-order chi connectivity index (χ0) is 31.6. The number of hydrogen-bond donors (Lipinski definition) is 1. The van der Waals surface area contributed by atoms with Crippen molar-refractivity contribution >= 4 is 17.8 Å². The van der Waals surface area contributed by atoms with Crippen LogP contribution in [0.1, 0.15) is 53.6 Å². The Labute approximate surface area is 233 Å². The molecule has 0 radical (unpaired) electrons. The molecule has 0 aromatic heterocycles. The second-order valence-electron chi connectivity index (χ2n) is 9.50. The minimum atomic E-state index is -5.18. The van der Waals surface area contributed by atoms with Gasteiger partial charge in [-0.1, -0.05) is 6.92 Å². The largest absolute Gasteiger partial charge is 0.449 e. The molecule has 2 N–H and O–H groups in total. The minimum Gasteiger partial charge on any atom is -0.449 e. The average molecular weight is 615 g/mol. The molecule has 1 heterocycles. The molecule has 1 aliphatic heterocycles. The van der Waals surface area contributed by atoms with Gasteiger partial charge in [-0.25, -0.2) is 9.59 Å². The highest BCUT2D eigenvalue weighted by Gasteiger charge is 2.43. The van der Waals surface area contributed by atoms with E-state index in [1.807, 2.05) is 0 Å². The number of nitrogens with zero attached hydrogens (tertiary/aromatic N) is 2. The maximum atomic E-state index is 13.7. The molecule has 0 aliphatic carbocycles. The first-order chi connectivity index (χ1) is 19.4. The molecule has 7 nitrogen and oxygen atoms in total. The first-order valence-electron chi connectivity index (χ1n) is 12.4. The number of ether oxygens (including phenoxy) is 2. The van der Waals surface area contributed by atoms with E-state index in [9.17, 15) is 49.1 Å². The van der Waals surface area contributed by atoms with Crippen LogP contribution in [0.15, 0.2) is 36.4 Å². The number of fused-ring (bicyclic) bond motifs is 1. The molecule has 0 fully saturated rings. The lowest BCUT2D eigenvalue weighted by atomic mass is 9.88. The van der Waals surface area contributed by atoms with E-state index in [2.05, 4.69) is 0 Å². The lowest BCUT2D eigenvalue weighted by Gasteiger charge is -2.43. The first kappa shape index (κ1) is 32.8. The molecule has 2 aromatic rings. The molecule has 16 heteroatoms. The van der Waals surface area contributed by atoms with Gasteiger partial charge in [-0.15, -0.1) is 0 Å². The summed E-state index contributed by atoms with van der Waals surface area (Å²) in [4.78, 5) is 27.3. The monoisotopic (exact) mass is 615 g/mol. The first-order valence-corrected chi connectivity index (χ1v) is 12.4. The predicted molar refractivity (Wildman–Crippen MR) is 130 cm³/mol. The summed E-state index contributed by atoms with van der Waals surface area (Å²) in [6, 6.07) is -0.753. The van der Waals surface area contributed by atoms with E-state index in [-0.39, 0.29) is 37.0 Å². The smallest absolute Gasteiger partial charge is 0.416 e. The summed E-state index contributed by atoms with van der Waals surface area (Å²) in [6.07, 6.45) is -16.1. The fourth-order valence-corrected chi connectivity index (χ4v) is 4.69. The van der Waals surface area contributed by atoms with E-state index >= 15 is 0 Å². The molecule has 1 aliphatic rings. The lowest BCUT2D eigenvalue weighted by Crippen LogP contribution is -2.51. The number of urea groups is 1. The number of alkyl halides is 9. The van der Waals surface area contributed by atoms with Crippen molar-refractivity contribution in [2.45, 2.75) is 56.9 Å². The Morgan fingerprint density at radius 2 is 1.50 bits per heavy atom. The third kappa shape index (κ3) is 7.38. The number of primary amides is 1. The molecular weight excluding hydrogens is 589 g/mol. The molecule has 0 spiro atoms. The molecule has 0 unspecified atom stereocenters. The summed E-state index contributed by atoms with van der Waals surface area (Å²) >= 11 is 0. The fraction of sp³-hybridized carbons (Fsp3) is 0.462. The SMILES string of the molecule is CCCOC(=O)N1c2ccc(C(F)(F)F)cc2[C@H](N(Cc2cc(C(F)(F)F)cc(C(F)(F)F)c2)C(N)=O)C[C@@H]1COC. The lowest BCUT2D eigenvalue weighted by molar-refractivity contribution is -0.143. The highest BCUT2D eigenvalue weighted by Crippen LogP contribution is 2.45. The zero-order valence-corrected chi connectivity index (χ0v) is 22.2. The second kappa shape index (κ2) is 12.3. The van der Waals surface area contributed by atoms with Gasteiger partial charge in [-0.05, 0) is 60.4 Å². The van der Waals surface area contributed by atoms with E-state index < -0.39 is 71.5 Å². The van der Waals surface area contributed by atoms with Crippen LogP contribution in [0.25, 0.3) is 0 Å². The molecule has 0 saturated heterocycles. The Hall–Kier alpha value is -3.69.